The third-order valence-corrected chi connectivity index (χ3v) is 5.80. The standard InChI is InChI=1S/C24H31N3O6S/c1-31-22-14-20-21(15-23(22)32-2)33-16-17(24(20)28)7-4-5-10-25-11-12-26-18-8-6-9-19(13-18)27-34(3,29)30/h6,8-9,13-16,25-27H,4-5,7,10-12H2,1-3H3. The van der Waals surface area contributed by atoms with Crippen molar-refractivity contribution < 1.29 is 22.3 Å². The smallest absolute Gasteiger partial charge is 0.229 e. The zero-order valence-corrected chi connectivity index (χ0v) is 20.5. The Bertz CT molecular complexity index is 1270. The number of benzene rings is 2. The third kappa shape index (κ3) is 7.13. The number of unbranched alkanes of at least 4 members (excludes halogenated alkanes) is 1. The van der Waals surface area contributed by atoms with Crippen LogP contribution in [0.15, 0.2) is 51.9 Å². The number of hydrogen-bond donors (Lipinski definition) is 3. The summed E-state index contributed by atoms with van der Waals surface area (Å²) >= 11 is 0. The van der Waals surface area contributed by atoms with Crippen LogP contribution in [0.3, 0.4) is 0 Å². The van der Waals surface area contributed by atoms with E-state index in [1.54, 1.807) is 30.3 Å². The number of sulfonamides is 1. The number of ether oxygens (including phenoxy) is 2. The second-order valence-corrected chi connectivity index (χ2v) is 9.63. The van der Waals surface area contributed by atoms with Gasteiger partial charge in [-0.3, -0.25) is 9.52 Å². The van der Waals surface area contributed by atoms with Crippen LogP contribution in [0.2, 0.25) is 0 Å². The first-order chi connectivity index (χ1) is 16.3. The van der Waals surface area contributed by atoms with E-state index in [0.29, 0.717) is 46.7 Å². The maximum Gasteiger partial charge on any atom is 0.229 e. The first kappa shape index (κ1) is 25.4. The number of fused-ring (bicyclic) bond motifs is 1. The first-order valence-corrected chi connectivity index (χ1v) is 12.9. The fraction of sp³-hybridized carbons (Fsp3) is 0.375. The molecule has 0 aliphatic heterocycles. The highest BCUT2D eigenvalue weighted by atomic mass is 32.2. The summed E-state index contributed by atoms with van der Waals surface area (Å²) in [5.41, 5.74) is 2.43. The van der Waals surface area contributed by atoms with Crippen molar-refractivity contribution in [2.75, 3.05) is 50.1 Å². The van der Waals surface area contributed by atoms with Crippen LogP contribution in [0.1, 0.15) is 18.4 Å². The highest BCUT2D eigenvalue weighted by molar-refractivity contribution is 7.92. The molecule has 0 fully saturated rings. The second kappa shape index (κ2) is 11.8. The first-order valence-electron chi connectivity index (χ1n) is 11.0. The van der Waals surface area contributed by atoms with Gasteiger partial charge in [0.25, 0.3) is 0 Å². The average molecular weight is 490 g/mol. The van der Waals surface area contributed by atoms with Crippen LogP contribution in [0.25, 0.3) is 11.0 Å². The molecule has 0 unspecified atom stereocenters. The van der Waals surface area contributed by atoms with Crippen molar-refractivity contribution >= 4 is 32.4 Å². The van der Waals surface area contributed by atoms with Gasteiger partial charge in [0.05, 0.1) is 37.8 Å². The van der Waals surface area contributed by atoms with Crippen LogP contribution in [0.4, 0.5) is 11.4 Å². The lowest BCUT2D eigenvalue weighted by Gasteiger charge is -2.10. The fourth-order valence-electron chi connectivity index (χ4n) is 3.56. The van der Waals surface area contributed by atoms with Crippen LogP contribution in [-0.2, 0) is 16.4 Å². The Morgan fingerprint density at radius 2 is 1.68 bits per heavy atom. The molecule has 3 aromatic rings. The molecule has 0 atom stereocenters. The molecule has 1 aromatic heterocycles. The van der Waals surface area contributed by atoms with Gasteiger partial charge in [-0.05, 0) is 50.1 Å². The molecule has 0 radical (unpaired) electrons. The lowest BCUT2D eigenvalue weighted by Crippen LogP contribution is -2.23. The zero-order chi connectivity index (χ0) is 24.6. The van der Waals surface area contributed by atoms with Crippen molar-refractivity contribution in [1.82, 2.24) is 5.32 Å². The molecule has 1 heterocycles. The van der Waals surface area contributed by atoms with Crippen LogP contribution >= 0.6 is 0 Å². The highest BCUT2D eigenvalue weighted by Gasteiger charge is 2.12. The van der Waals surface area contributed by atoms with E-state index in [9.17, 15) is 13.2 Å². The minimum absolute atomic E-state index is 0.0491. The summed E-state index contributed by atoms with van der Waals surface area (Å²) < 4.78 is 41.3. The number of anilines is 2. The quantitative estimate of drug-likeness (QED) is 0.313. The molecule has 0 amide bonds. The molecule has 9 nitrogen and oxygen atoms in total. The lowest BCUT2D eigenvalue weighted by molar-refractivity contribution is 0.355. The van der Waals surface area contributed by atoms with Crippen molar-refractivity contribution in [1.29, 1.82) is 0 Å². The van der Waals surface area contributed by atoms with Crippen LogP contribution in [0.5, 0.6) is 11.5 Å². The third-order valence-electron chi connectivity index (χ3n) is 5.20. The summed E-state index contributed by atoms with van der Waals surface area (Å²) in [6.07, 6.45) is 5.05. The molecule has 184 valence electrons. The van der Waals surface area contributed by atoms with E-state index < -0.39 is 10.0 Å². The summed E-state index contributed by atoms with van der Waals surface area (Å²) in [4.78, 5) is 12.8. The maximum absolute atomic E-state index is 12.8. The normalized spacial score (nSPS) is 11.4. The van der Waals surface area contributed by atoms with E-state index in [1.165, 1.54) is 20.5 Å². The van der Waals surface area contributed by atoms with Gasteiger partial charge in [0.2, 0.25) is 10.0 Å². The Morgan fingerprint density at radius 3 is 2.41 bits per heavy atom. The molecule has 0 aliphatic rings. The van der Waals surface area contributed by atoms with Gasteiger partial charge in [-0.1, -0.05) is 6.07 Å². The predicted molar refractivity (Wildman–Crippen MR) is 135 cm³/mol. The molecule has 0 bridgehead atoms. The number of aryl methyl sites for hydroxylation is 1. The van der Waals surface area contributed by atoms with Crippen LogP contribution < -0.4 is 30.3 Å². The van der Waals surface area contributed by atoms with Crippen molar-refractivity contribution in [2.45, 2.75) is 19.3 Å². The molecular formula is C24H31N3O6S. The fourth-order valence-corrected chi connectivity index (χ4v) is 4.12. The SMILES string of the molecule is COc1cc2occ(CCCCNCCNc3cccc(NS(C)(=O)=O)c3)c(=O)c2cc1OC. The van der Waals surface area contributed by atoms with Gasteiger partial charge >= 0.3 is 0 Å². The van der Waals surface area contributed by atoms with E-state index in [0.717, 1.165) is 37.9 Å². The van der Waals surface area contributed by atoms with Crippen molar-refractivity contribution in [3.63, 3.8) is 0 Å². The monoisotopic (exact) mass is 489 g/mol. The van der Waals surface area contributed by atoms with E-state index in [2.05, 4.69) is 15.4 Å². The topological polar surface area (TPSA) is 119 Å². The van der Waals surface area contributed by atoms with Gasteiger partial charge in [0.1, 0.15) is 5.58 Å². The molecule has 10 heteroatoms. The summed E-state index contributed by atoms with van der Waals surface area (Å²) in [5, 5.41) is 7.10. The Hall–Kier alpha value is -3.24. The van der Waals surface area contributed by atoms with E-state index in [-0.39, 0.29) is 5.43 Å². The van der Waals surface area contributed by atoms with E-state index >= 15 is 0 Å². The molecule has 34 heavy (non-hydrogen) atoms. The van der Waals surface area contributed by atoms with Crippen molar-refractivity contribution in [3.05, 3.63) is 58.4 Å². The van der Waals surface area contributed by atoms with Gasteiger partial charge < -0.3 is 24.5 Å². The average Bonchev–Trinajstić information content (AvgIpc) is 2.80. The number of nitrogens with one attached hydrogen (secondary N) is 3. The lowest BCUT2D eigenvalue weighted by atomic mass is 10.1. The largest absolute Gasteiger partial charge is 0.493 e. The molecule has 0 spiro atoms. The van der Waals surface area contributed by atoms with Crippen LogP contribution in [-0.4, -0.2) is 48.5 Å². The summed E-state index contributed by atoms with van der Waals surface area (Å²) in [5.74, 6) is 1.01. The second-order valence-electron chi connectivity index (χ2n) is 7.88. The van der Waals surface area contributed by atoms with Gasteiger partial charge in [-0.2, -0.15) is 0 Å². The minimum atomic E-state index is -3.30. The van der Waals surface area contributed by atoms with Gasteiger partial charge in [-0.15, -0.1) is 0 Å². The number of methoxy groups -OCH3 is 2. The summed E-state index contributed by atoms with van der Waals surface area (Å²) in [7, 11) is -0.226. The highest BCUT2D eigenvalue weighted by Crippen LogP contribution is 2.31. The maximum atomic E-state index is 12.8. The summed E-state index contributed by atoms with van der Waals surface area (Å²) in [6, 6.07) is 10.4. The number of rotatable bonds is 13. The molecule has 0 aliphatic carbocycles. The zero-order valence-electron chi connectivity index (χ0n) is 19.6. The minimum Gasteiger partial charge on any atom is -0.493 e. The van der Waals surface area contributed by atoms with Gasteiger partial charge in [-0.25, -0.2) is 8.42 Å². The molecule has 2 aromatic carbocycles. The molecule has 3 N–H and O–H groups in total. The summed E-state index contributed by atoms with van der Waals surface area (Å²) in [6.45, 7) is 2.27. The van der Waals surface area contributed by atoms with Crippen molar-refractivity contribution in [3.8, 4) is 11.5 Å². The Morgan fingerprint density at radius 1 is 0.941 bits per heavy atom. The van der Waals surface area contributed by atoms with Crippen LogP contribution in [0, 0.1) is 0 Å². The Kier molecular flexibility index (Phi) is 8.78. The molecule has 0 saturated carbocycles. The Labute approximate surface area is 199 Å². The number of hydrogen-bond acceptors (Lipinski definition) is 8. The van der Waals surface area contributed by atoms with Gasteiger partial charge in [0, 0.05) is 30.4 Å². The van der Waals surface area contributed by atoms with Crippen molar-refractivity contribution in [2.24, 2.45) is 0 Å². The van der Waals surface area contributed by atoms with Gasteiger partial charge in [0.15, 0.2) is 16.9 Å². The van der Waals surface area contributed by atoms with E-state index in [4.69, 9.17) is 13.9 Å². The molecule has 0 saturated heterocycles. The molecular weight excluding hydrogens is 458 g/mol. The predicted octanol–water partition coefficient (Wildman–Crippen LogP) is 3.21. The Balaban J connectivity index is 1.40. The molecule has 3 rings (SSSR count). The van der Waals surface area contributed by atoms with E-state index in [1.807, 2.05) is 6.07 Å².